The predicted molar refractivity (Wildman–Crippen MR) is 52.1 cm³/mol. The minimum absolute atomic E-state index is 0.230. The van der Waals surface area contributed by atoms with Gasteiger partial charge in [0.1, 0.15) is 0 Å². The largest absolute Gasteiger partial charge is 0.369 e. The van der Waals surface area contributed by atoms with Gasteiger partial charge in [-0.25, -0.2) is 0 Å². The summed E-state index contributed by atoms with van der Waals surface area (Å²) in [4.78, 5) is 10.4. The summed E-state index contributed by atoms with van der Waals surface area (Å²) in [5, 5.41) is 2.95. The Bertz CT molecular complexity index is 279. The van der Waals surface area contributed by atoms with Crippen molar-refractivity contribution in [3.05, 3.63) is 35.4 Å². The van der Waals surface area contributed by atoms with Crippen LogP contribution in [0.15, 0.2) is 24.3 Å². The van der Waals surface area contributed by atoms with Gasteiger partial charge in [-0.3, -0.25) is 4.79 Å². The third-order valence-corrected chi connectivity index (χ3v) is 1.75. The fourth-order valence-corrected chi connectivity index (χ4v) is 1.04. The monoisotopic (exact) mass is 178 g/mol. The van der Waals surface area contributed by atoms with E-state index in [0.29, 0.717) is 6.54 Å². The van der Waals surface area contributed by atoms with Crippen molar-refractivity contribution >= 4 is 5.91 Å². The maximum absolute atomic E-state index is 10.4. The van der Waals surface area contributed by atoms with Crippen molar-refractivity contribution in [2.24, 2.45) is 5.73 Å². The number of benzene rings is 1. The van der Waals surface area contributed by atoms with Crippen molar-refractivity contribution in [3.8, 4) is 0 Å². The van der Waals surface area contributed by atoms with Gasteiger partial charge >= 0.3 is 0 Å². The van der Waals surface area contributed by atoms with Gasteiger partial charge in [0.15, 0.2) is 0 Å². The Balaban J connectivity index is 2.37. The summed E-state index contributed by atoms with van der Waals surface area (Å²) in [6, 6.07) is 8.15. The van der Waals surface area contributed by atoms with Crippen molar-refractivity contribution in [1.82, 2.24) is 5.32 Å². The van der Waals surface area contributed by atoms with E-state index in [1.54, 1.807) is 0 Å². The lowest BCUT2D eigenvalue weighted by Gasteiger charge is -2.02. The van der Waals surface area contributed by atoms with Crippen LogP contribution < -0.4 is 11.1 Å². The van der Waals surface area contributed by atoms with Crippen molar-refractivity contribution in [1.29, 1.82) is 0 Å². The van der Waals surface area contributed by atoms with E-state index < -0.39 is 0 Å². The molecule has 1 amide bonds. The first-order valence-electron chi connectivity index (χ1n) is 4.23. The molecule has 3 nitrogen and oxygen atoms in total. The van der Waals surface area contributed by atoms with Crippen molar-refractivity contribution in [3.63, 3.8) is 0 Å². The molecule has 13 heavy (non-hydrogen) atoms. The molecule has 3 heteroatoms. The van der Waals surface area contributed by atoms with Crippen LogP contribution in [0.2, 0.25) is 0 Å². The molecule has 0 heterocycles. The molecule has 3 N–H and O–H groups in total. The molecule has 0 aliphatic heterocycles. The van der Waals surface area contributed by atoms with Crippen LogP contribution in [0.5, 0.6) is 0 Å². The number of rotatable bonds is 4. The van der Waals surface area contributed by atoms with Gasteiger partial charge in [0.25, 0.3) is 0 Å². The van der Waals surface area contributed by atoms with E-state index in [-0.39, 0.29) is 12.5 Å². The number of hydrogen-bond acceptors (Lipinski definition) is 2. The topological polar surface area (TPSA) is 55.1 Å². The fourth-order valence-electron chi connectivity index (χ4n) is 1.04. The third kappa shape index (κ3) is 3.71. The molecule has 0 atom stereocenters. The lowest BCUT2D eigenvalue weighted by molar-refractivity contribution is -0.117. The second kappa shape index (κ2) is 4.62. The van der Waals surface area contributed by atoms with Gasteiger partial charge in [-0.1, -0.05) is 29.8 Å². The molecule has 0 spiro atoms. The zero-order valence-corrected chi connectivity index (χ0v) is 7.71. The molecule has 0 bridgehead atoms. The van der Waals surface area contributed by atoms with Crippen LogP contribution in [0.25, 0.3) is 0 Å². The number of carbonyl (C=O) groups is 1. The average Bonchev–Trinajstić information content (AvgIpc) is 2.08. The number of nitrogens with one attached hydrogen (secondary N) is 1. The lowest BCUT2D eigenvalue weighted by atomic mass is 10.1. The SMILES string of the molecule is Cc1ccc(CNCC(N)=O)cc1. The number of hydrogen-bond donors (Lipinski definition) is 2. The first-order chi connectivity index (χ1) is 6.18. The highest BCUT2D eigenvalue weighted by Crippen LogP contribution is 2.01. The van der Waals surface area contributed by atoms with Gasteiger partial charge in [0, 0.05) is 6.54 Å². The summed E-state index contributed by atoms with van der Waals surface area (Å²) in [7, 11) is 0. The van der Waals surface area contributed by atoms with Gasteiger partial charge in [-0.15, -0.1) is 0 Å². The molecule has 0 aliphatic rings. The Morgan fingerprint density at radius 1 is 1.38 bits per heavy atom. The van der Waals surface area contributed by atoms with Crippen molar-refractivity contribution in [2.45, 2.75) is 13.5 Å². The smallest absolute Gasteiger partial charge is 0.231 e. The van der Waals surface area contributed by atoms with Gasteiger partial charge < -0.3 is 11.1 Å². The summed E-state index contributed by atoms with van der Waals surface area (Å²) in [6.07, 6.45) is 0. The van der Waals surface area contributed by atoms with E-state index in [1.165, 1.54) is 5.56 Å². The van der Waals surface area contributed by atoms with Crippen LogP contribution in [0.1, 0.15) is 11.1 Å². The molecule has 1 aromatic rings. The molecule has 0 fully saturated rings. The van der Waals surface area contributed by atoms with Crippen molar-refractivity contribution < 1.29 is 4.79 Å². The van der Waals surface area contributed by atoms with Crippen LogP contribution in [0.3, 0.4) is 0 Å². The van der Waals surface area contributed by atoms with Crippen LogP contribution in [0.4, 0.5) is 0 Å². The molecule has 70 valence electrons. The highest BCUT2D eigenvalue weighted by atomic mass is 16.1. The third-order valence-electron chi connectivity index (χ3n) is 1.75. The molecule has 0 radical (unpaired) electrons. The Hall–Kier alpha value is -1.35. The maximum Gasteiger partial charge on any atom is 0.231 e. The molecule has 0 unspecified atom stereocenters. The highest BCUT2D eigenvalue weighted by molar-refractivity contribution is 5.75. The van der Waals surface area contributed by atoms with Gasteiger partial charge in [-0.2, -0.15) is 0 Å². The predicted octanol–water partition coefficient (Wildman–Crippen LogP) is 0.570. The minimum Gasteiger partial charge on any atom is -0.369 e. The maximum atomic E-state index is 10.4. The van der Waals surface area contributed by atoms with Gasteiger partial charge in [-0.05, 0) is 12.5 Å². The number of primary amides is 1. The molecule has 0 aliphatic carbocycles. The Kier molecular flexibility index (Phi) is 3.46. The van der Waals surface area contributed by atoms with Crippen LogP contribution in [-0.2, 0) is 11.3 Å². The second-order valence-electron chi connectivity index (χ2n) is 3.06. The van der Waals surface area contributed by atoms with E-state index in [2.05, 4.69) is 5.32 Å². The Labute approximate surface area is 77.9 Å². The van der Waals surface area contributed by atoms with Gasteiger partial charge in [0.05, 0.1) is 6.54 Å². The van der Waals surface area contributed by atoms with E-state index in [1.807, 2.05) is 31.2 Å². The van der Waals surface area contributed by atoms with Crippen molar-refractivity contribution in [2.75, 3.05) is 6.54 Å². The minimum atomic E-state index is -0.327. The average molecular weight is 178 g/mol. The summed E-state index contributed by atoms with van der Waals surface area (Å²) in [6.45, 7) is 2.96. The molecule has 0 saturated carbocycles. The standard InChI is InChI=1S/C10H14N2O/c1-8-2-4-9(5-3-8)6-12-7-10(11)13/h2-5,12H,6-7H2,1H3,(H2,11,13). The highest BCUT2D eigenvalue weighted by Gasteiger charge is 1.94. The normalized spacial score (nSPS) is 9.92. The van der Waals surface area contributed by atoms with E-state index in [9.17, 15) is 4.79 Å². The molecule has 0 aromatic heterocycles. The number of nitrogens with two attached hydrogens (primary N) is 1. The molecular formula is C10H14N2O. The molecular weight excluding hydrogens is 164 g/mol. The summed E-state index contributed by atoms with van der Waals surface area (Å²) in [5.74, 6) is -0.327. The Morgan fingerprint density at radius 2 is 2.00 bits per heavy atom. The zero-order valence-electron chi connectivity index (χ0n) is 7.71. The number of amides is 1. The summed E-state index contributed by atoms with van der Waals surface area (Å²) in [5.41, 5.74) is 7.37. The lowest BCUT2D eigenvalue weighted by Crippen LogP contribution is -2.28. The number of aryl methyl sites for hydroxylation is 1. The first kappa shape index (κ1) is 9.74. The second-order valence-corrected chi connectivity index (χ2v) is 3.06. The van der Waals surface area contributed by atoms with Crippen LogP contribution in [0, 0.1) is 6.92 Å². The first-order valence-corrected chi connectivity index (χ1v) is 4.23. The van der Waals surface area contributed by atoms with Crippen LogP contribution >= 0.6 is 0 Å². The molecule has 1 rings (SSSR count). The van der Waals surface area contributed by atoms with Gasteiger partial charge in [0.2, 0.25) is 5.91 Å². The van der Waals surface area contributed by atoms with E-state index in [0.717, 1.165) is 5.56 Å². The fraction of sp³-hybridized carbons (Fsp3) is 0.300. The quantitative estimate of drug-likeness (QED) is 0.708. The summed E-state index contributed by atoms with van der Waals surface area (Å²) >= 11 is 0. The van der Waals surface area contributed by atoms with E-state index in [4.69, 9.17) is 5.73 Å². The summed E-state index contributed by atoms with van der Waals surface area (Å²) < 4.78 is 0. The zero-order chi connectivity index (χ0) is 9.68. The molecule has 1 aromatic carbocycles. The number of carbonyl (C=O) groups excluding carboxylic acids is 1. The van der Waals surface area contributed by atoms with E-state index >= 15 is 0 Å². The van der Waals surface area contributed by atoms with Crippen LogP contribution in [-0.4, -0.2) is 12.5 Å². The Morgan fingerprint density at radius 3 is 2.54 bits per heavy atom. The molecule has 0 saturated heterocycles.